The van der Waals surface area contributed by atoms with E-state index in [0.717, 1.165) is 29.9 Å². The SMILES string of the molecule is CCCN(Cc1cc(NC(=O)C(C)C)ccc1N(C)C)C(=O)C(C)C. The van der Waals surface area contributed by atoms with Crippen LogP contribution in [-0.2, 0) is 16.1 Å². The molecule has 0 fully saturated rings. The molecule has 0 aliphatic rings. The van der Waals surface area contributed by atoms with Crippen molar-refractivity contribution in [3.8, 4) is 0 Å². The first-order valence-electron chi connectivity index (χ1n) is 9.07. The van der Waals surface area contributed by atoms with Gasteiger partial charge in [0, 0.05) is 50.4 Å². The van der Waals surface area contributed by atoms with E-state index in [1.807, 2.05) is 69.8 Å². The van der Waals surface area contributed by atoms with Crippen LogP contribution in [-0.4, -0.2) is 37.4 Å². The Balaban J connectivity index is 3.15. The lowest BCUT2D eigenvalue weighted by Crippen LogP contribution is -2.35. The normalized spacial score (nSPS) is 10.9. The third-order valence-electron chi connectivity index (χ3n) is 4.01. The molecule has 0 unspecified atom stereocenters. The molecule has 1 aromatic rings. The zero-order valence-corrected chi connectivity index (χ0v) is 16.7. The maximum Gasteiger partial charge on any atom is 0.226 e. The minimum absolute atomic E-state index is 0.00720. The molecule has 0 spiro atoms. The van der Waals surface area contributed by atoms with Crippen LogP contribution >= 0.6 is 0 Å². The van der Waals surface area contributed by atoms with Crippen molar-refractivity contribution in [3.05, 3.63) is 23.8 Å². The molecule has 140 valence electrons. The van der Waals surface area contributed by atoms with Gasteiger partial charge in [0.2, 0.25) is 11.8 Å². The van der Waals surface area contributed by atoms with Crippen molar-refractivity contribution in [1.29, 1.82) is 0 Å². The van der Waals surface area contributed by atoms with Crippen molar-refractivity contribution in [2.24, 2.45) is 11.8 Å². The molecule has 0 saturated heterocycles. The van der Waals surface area contributed by atoms with Crippen LogP contribution in [0.25, 0.3) is 0 Å². The Morgan fingerprint density at radius 3 is 2.20 bits per heavy atom. The summed E-state index contributed by atoms with van der Waals surface area (Å²) in [5.41, 5.74) is 2.86. The van der Waals surface area contributed by atoms with Crippen molar-refractivity contribution in [1.82, 2.24) is 4.90 Å². The predicted octanol–water partition coefficient (Wildman–Crippen LogP) is 3.74. The molecule has 1 N–H and O–H groups in total. The highest BCUT2D eigenvalue weighted by Crippen LogP contribution is 2.25. The predicted molar refractivity (Wildman–Crippen MR) is 105 cm³/mol. The Bertz CT molecular complexity index is 595. The average Bonchev–Trinajstić information content (AvgIpc) is 2.53. The van der Waals surface area contributed by atoms with Gasteiger partial charge in [0.25, 0.3) is 0 Å². The van der Waals surface area contributed by atoms with E-state index in [-0.39, 0.29) is 23.7 Å². The highest BCUT2D eigenvalue weighted by atomic mass is 16.2. The van der Waals surface area contributed by atoms with Crippen LogP contribution < -0.4 is 10.2 Å². The number of amides is 2. The second kappa shape index (κ2) is 9.44. The average molecular weight is 348 g/mol. The standard InChI is InChI=1S/C20H33N3O2/c1-8-11-23(20(25)15(4)5)13-16-12-17(21-19(24)14(2)3)9-10-18(16)22(6)7/h9-10,12,14-15H,8,11,13H2,1-7H3,(H,21,24). The van der Waals surface area contributed by atoms with Crippen LogP contribution in [0.5, 0.6) is 0 Å². The molecule has 0 aromatic heterocycles. The quantitative estimate of drug-likeness (QED) is 0.779. The largest absolute Gasteiger partial charge is 0.377 e. The number of rotatable bonds is 8. The number of nitrogens with one attached hydrogen (secondary N) is 1. The van der Waals surface area contributed by atoms with Gasteiger partial charge in [0.15, 0.2) is 0 Å². The first-order chi connectivity index (χ1) is 11.7. The molecule has 0 radical (unpaired) electrons. The van der Waals surface area contributed by atoms with Gasteiger partial charge in [-0.1, -0.05) is 34.6 Å². The molecule has 1 rings (SSSR count). The second-order valence-corrected chi connectivity index (χ2v) is 7.30. The van der Waals surface area contributed by atoms with E-state index < -0.39 is 0 Å². The van der Waals surface area contributed by atoms with Crippen molar-refractivity contribution < 1.29 is 9.59 Å². The summed E-state index contributed by atoms with van der Waals surface area (Å²) in [6, 6.07) is 5.88. The number of hydrogen-bond donors (Lipinski definition) is 1. The van der Waals surface area contributed by atoms with E-state index in [9.17, 15) is 9.59 Å². The Morgan fingerprint density at radius 2 is 1.72 bits per heavy atom. The van der Waals surface area contributed by atoms with Gasteiger partial charge in [-0.2, -0.15) is 0 Å². The van der Waals surface area contributed by atoms with Gasteiger partial charge in [-0.25, -0.2) is 0 Å². The smallest absolute Gasteiger partial charge is 0.226 e. The molecule has 0 aliphatic heterocycles. The summed E-state index contributed by atoms with van der Waals surface area (Å²) in [6.45, 7) is 10.9. The molecular formula is C20H33N3O2. The molecular weight excluding hydrogens is 314 g/mol. The van der Waals surface area contributed by atoms with Crippen molar-refractivity contribution >= 4 is 23.2 Å². The lowest BCUT2D eigenvalue weighted by Gasteiger charge is -2.27. The monoisotopic (exact) mass is 347 g/mol. The lowest BCUT2D eigenvalue weighted by atomic mass is 10.1. The summed E-state index contributed by atoms with van der Waals surface area (Å²) >= 11 is 0. The Morgan fingerprint density at radius 1 is 1.08 bits per heavy atom. The first kappa shape index (κ1) is 21.0. The summed E-state index contributed by atoms with van der Waals surface area (Å²) in [7, 11) is 3.97. The highest BCUT2D eigenvalue weighted by molar-refractivity contribution is 5.92. The molecule has 0 heterocycles. The molecule has 0 atom stereocenters. The van der Waals surface area contributed by atoms with E-state index in [2.05, 4.69) is 12.2 Å². The fraction of sp³-hybridized carbons (Fsp3) is 0.600. The van der Waals surface area contributed by atoms with E-state index in [0.29, 0.717) is 6.54 Å². The van der Waals surface area contributed by atoms with E-state index in [1.165, 1.54) is 0 Å². The third kappa shape index (κ3) is 6.07. The van der Waals surface area contributed by atoms with E-state index >= 15 is 0 Å². The molecule has 2 amide bonds. The molecule has 25 heavy (non-hydrogen) atoms. The number of carbonyl (C=O) groups excluding carboxylic acids is 2. The van der Waals surface area contributed by atoms with Crippen LogP contribution in [0.1, 0.15) is 46.6 Å². The lowest BCUT2D eigenvalue weighted by molar-refractivity contribution is -0.135. The number of benzene rings is 1. The summed E-state index contributed by atoms with van der Waals surface area (Å²) in [5, 5.41) is 2.94. The molecule has 5 nitrogen and oxygen atoms in total. The van der Waals surface area contributed by atoms with Crippen LogP contribution in [0.2, 0.25) is 0 Å². The Hall–Kier alpha value is -2.04. The number of anilines is 2. The van der Waals surface area contributed by atoms with Gasteiger partial charge in [0.1, 0.15) is 0 Å². The molecule has 5 heteroatoms. The van der Waals surface area contributed by atoms with Gasteiger partial charge in [-0.3, -0.25) is 9.59 Å². The topological polar surface area (TPSA) is 52.7 Å². The highest BCUT2D eigenvalue weighted by Gasteiger charge is 2.19. The van der Waals surface area contributed by atoms with Gasteiger partial charge in [0.05, 0.1) is 0 Å². The van der Waals surface area contributed by atoms with E-state index in [1.54, 1.807) is 0 Å². The van der Waals surface area contributed by atoms with Crippen LogP contribution in [0, 0.1) is 11.8 Å². The van der Waals surface area contributed by atoms with Crippen LogP contribution in [0.4, 0.5) is 11.4 Å². The third-order valence-corrected chi connectivity index (χ3v) is 4.01. The zero-order valence-electron chi connectivity index (χ0n) is 16.7. The fourth-order valence-electron chi connectivity index (χ4n) is 2.62. The summed E-state index contributed by atoms with van der Waals surface area (Å²) in [6.07, 6.45) is 0.916. The molecule has 1 aromatic carbocycles. The number of carbonyl (C=O) groups is 2. The molecule has 0 saturated carbocycles. The van der Waals surface area contributed by atoms with Crippen LogP contribution in [0.15, 0.2) is 18.2 Å². The minimum atomic E-state index is -0.0731. The molecule has 0 bridgehead atoms. The maximum atomic E-state index is 12.5. The van der Waals surface area contributed by atoms with Crippen molar-refractivity contribution in [2.45, 2.75) is 47.6 Å². The van der Waals surface area contributed by atoms with Crippen molar-refractivity contribution in [3.63, 3.8) is 0 Å². The molecule has 0 aliphatic carbocycles. The van der Waals surface area contributed by atoms with Gasteiger partial charge in [-0.15, -0.1) is 0 Å². The maximum absolute atomic E-state index is 12.5. The number of hydrogen-bond acceptors (Lipinski definition) is 3. The van der Waals surface area contributed by atoms with Crippen LogP contribution in [0.3, 0.4) is 0 Å². The fourth-order valence-corrected chi connectivity index (χ4v) is 2.62. The zero-order chi connectivity index (χ0) is 19.1. The first-order valence-corrected chi connectivity index (χ1v) is 9.07. The minimum Gasteiger partial charge on any atom is -0.377 e. The van der Waals surface area contributed by atoms with Gasteiger partial charge < -0.3 is 15.1 Å². The number of nitrogens with zero attached hydrogens (tertiary/aromatic N) is 2. The van der Waals surface area contributed by atoms with Gasteiger partial charge >= 0.3 is 0 Å². The summed E-state index contributed by atoms with van der Waals surface area (Å²) < 4.78 is 0. The van der Waals surface area contributed by atoms with Gasteiger partial charge in [-0.05, 0) is 30.2 Å². The summed E-state index contributed by atoms with van der Waals surface area (Å²) in [5.74, 6) is 0.0460. The van der Waals surface area contributed by atoms with E-state index in [4.69, 9.17) is 0 Å². The summed E-state index contributed by atoms with van der Waals surface area (Å²) in [4.78, 5) is 28.4. The second-order valence-electron chi connectivity index (χ2n) is 7.30. The Labute approximate surface area is 152 Å². The Kier molecular flexibility index (Phi) is 7.94. The van der Waals surface area contributed by atoms with Crippen molar-refractivity contribution in [2.75, 3.05) is 30.9 Å².